The average Bonchev–Trinajstić information content (AvgIpc) is 2.94. The molecule has 0 bridgehead atoms. The lowest BCUT2D eigenvalue weighted by molar-refractivity contribution is -0.141. The molecule has 114 valence electrons. The first kappa shape index (κ1) is 15.2. The lowest BCUT2D eigenvalue weighted by atomic mass is 10.1. The number of hydrogen-bond donors (Lipinski definition) is 2. The van der Waals surface area contributed by atoms with Crippen molar-refractivity contribution in [2.24, 2.45) is 5.92 Å². The molecule has 2 atom stereocenters. The highest BCUT2D eigenvalue weighted by atomic mass is 16.5. The molecular formula is C15H19NO5. The zero-order valence-corrected chi connectivity index (χ0v) is 11.9. The van der Waals surface area contributed by atoms with E-state index in [-0.39, 0.29) is 24.5 Å². The van der Waals surface area contributed by atoms with Crippen LogP contribution in [0.4, 0.5) is 0 Å². The van der Waals surface area contributed by atoms with Gasteiger partial charge in [-0.1, -0.05) is 6.07 Å². The average molecular weight is 293 g/mol. The van der Waals surface area contributed by atoms with Crippen LogP contribution in [0.15, 0.2) is 24.3 Å². The Morgan fingerprint density at radius 3 is 2.76 bits per heavy atom. The summed E-state index contributed by atoms with van der Waals surface area (Å²) in [6.07, 6.45) is 1.79. The van der Waals surface area contributed by atoms with Gasteiger partial charge in [0.25, 0.3) is 5.91 Å². The number of carboxylic acids is 1. The van der Waals surface area contributed by atoms with Gasteiger partial charge in [-0.15, -0.1) is 0 Å². The first-order valence-corrected chi connectivity index (χ1v) is 6.87. The second-order valence-corrected chi connectivity index (χ2v) is 5.08. The van der Waals surface area contributed by atoms with Crippen LogP contribution in [-0.2, 0) is 9.59 Å². The van der Waals surface area contributed by atoms with Crippen LogP contribution >= 0.6 is 0 Å². The molecule has 0 saturated heterocycles. The van der Waals surface area contributed by atoms with Gasteiger partial charge in [-0.05, 0) is 31.4 Å². The molecule has 6 nitrogen and oxygen atoms in total. The summed E-state index contributed by atoms with van der Waals surface area (Å²) in [4.78, 5) is 22.6. The molecule has 0 spiro atoms. The van der Waals surface area contributed by atoms with E-state index >= 15 is 0 Å². The Kier molecular flexibility index (Phi) is 5.03. The van der Waals surface area contributed by atoms with E-state index in [1.54, 1.807) is 31.4 Å². The standard InChI is InChI=1S/C15H19NO5/c1-20-12-3-2-4-13(8-12)21-9-14(17)16-11-6-5-10(7-11)15(18)19/h2-4,8,10-11H,5-7,9H2,1H3,(H,16,17)(H,18,19)/t10-,11+/m0/s1. The first-order chi connectivity index (χ1) is 10.1. The quantitative estimate of drug-likeness (QED) is 0.829. The van der Waals surface area contributed by atoms with Crippen molar-refractivity contribution >= 4 is 11.9 Å². The Bertz CT molecular complexity index is 517. The van der Waals surface area contributed by atoms with Gasteiger partial charge in [0.05, 0.1) is 13.0 Å². The molecule has 0 unspecified atom stereocenters. The van der Waals surface area contributed by atoms with E-state index in [4.69, 9.17) is 14.6 Å². The number of methoxy groups -OCH3 is 1. The van der Waals surface area contributed by atoms with E-state index in [1.807, 2.05) is 0 Å². The molecule has 1 fully saturated rings. The minimum absolute atomic E-state index is 0.0764. The van der Waals surface area contributed by atoms with Gasteiger partial charge in [0.1, 0.15) is 11.5 Å². The van der Waals surface area contributed by atoms with E-state index < -0.39 is 5.97 Å². The van der Waals surface area contributed by atoms with Crippen molar-refractivity contribution in [3.63, 3.8) is 0 Å². The third kappa shape index (κ3) is 4.37. The Labute approximate surface area is 123 Å². The Morgan fingerprint density at radius 2 is 2.10 bits per heavy atom. The number of aliphatic carboxylic acids is 1. The van der Waals surface area contributed by atoms with Crippen molar-refractivity contribution in [1.82, 2.24) is 5.32 Å². The fraction of sp³-hybridized carbons (Fsp3) is 0.467. The monoisotopic (exact) mass is 293 g/mol. The third-order valence-corrected chi connectivity index (χ3v) is 3.56. The van der Waals surface area contributed by atoms with Gasteiger partial charge in [0.2, 0.25) is 0 Å². The Balaban J connectivity index is 1.76. The summed E-state index contributed by atoms with van der Waals surface area (Å²) in [6.45, 7) is -0.0958. The largest absolute Gasteiger partial charge is 0.497 e. The van der Waals surface area contributed by atoms with E-state index in [0.29, 0.717) is 30.8 Å². The molecule has 1 aromatic rings. The van der Waals surface area contributed by atoms with Gasteiger partial charge in [-0.3, -0.25) is 9.59 Å². The summed E-state index contributed by atoms with van der Waals surface area (Å²) in [5.74, 6) is -0.171. The molecule has 1 aliphatic carbocycles. The summed E-state index contributed by atoms with van der Waals surface area (Å²) >= 11 is 0. The second kappa shape index (κ2) is 6.97. The van der Waals surface area contributed by atoms with Crippen LogP contribution in [0.25, 0.3) is 0 Å². The highest BCUT2D eigenvalue weighted by Gasteiger charge is 2.30. The summed E-state index contributed by atoms with van der Waals surface area (Å²) in [5, 5.41) is 11.7. The maximum absolute atomic E-state index is 11.8. The predicted octanol–water partition coefficient (Wildman–Crippen LogP) is 1.44. The molecule has 21 heavy (non-hydrogen) atoms. The first-order valence-electron chi connectivity index (χ1n) is 6.87. The maximum atomic E-state index is 11.8. The maximum Gasteiger partial charge on any atom is 0.306 e. The van der Waals surface area contributed by atoms with Crippen molar-refractivity contribution in [3.8, 4) is 11.5 Å². The van der Waals surface area contributed by atoms with Gasteiger partial charge in [-0.25, -0.2) is 0 Å². The number of carboxylic acid groups (broad SMARTS) is 1. The number of hydrogen-bond acceptors (Lipinski definition) is 4. The minimum atomic E-state index is -0.792. The van der Waals surface area contributed by atoms with Crippen LogP contribution in [0, 0.1) is 5.92 Å². The van der Waals surface area contributed by atoms with Crippen LogP contribution in [0.1, 0.15) is 19.3 Å². The molecule has 0 heterocycles. The van der Waals surface area contributed by atoms with E-state index in [2.05, 4.69) is 5.32 Å². The van der Waals surface area contributed by atoms with Crippen LogP contribution in [0.3, 0.4) is 0 Å². The van der Waals surface area contributed by atoms with E-state index in [1.165, 1.54) is 0 Å². The molecule has 2 rings (SSSR count). The van der Waals surface area contributed by atoms with Crippen molar-refractivity contribution in [2.45, 2.75) is 25.3 Å². The molecule has 1 aliphatic rings. The van der Waals surface area contributed by atoms with Gasteiger partial charge in [0, 0.05) is 12.1 Å². The zero-order valence-electron chi connectivity index (χ0n) is 11.9. The molecule has 1 aromatic carbocycles. The highest BCUT2D eigenvalue weighted by molar-refractivity contribution is 5.78. The fourth-order valence-electron chi connectivity index (χ4n) is 2.45. The lowest BCUT2D eigenvalue weighted by Gasteiger charge is -2.13. The second-order valence-electron chi connectivity index (χ2n) is 5.08. The number of ether oxygens (including phenoxy) is 2. The topological polar surface area (TPSA) is 84.9 Å². The van der Waals surface area contributed by atoms with Crippen molar-refractivity contribution in [1.29, 1.82) is 0 Å². The lowest BCUT2D eigenvalue weighted by Crippen LogP contribution is -2.36. The van der Waals surface area contributed by atoms with Gasteiger partial charge < -0.3 is 19.9 Å². The number of carbonyl (C=O) groups is 2. The molecular weight excluding hydrogens is 274 g/mol. The SMILES string of the molecule is COc1cccc(OCC(=O)N[C@@H]2CC[C@H](C(=O)O)C2)c1. The van der Waals surface area contributed by atoms with Crippen molar-refractivity contribution < 1.29 is 24.2 Å². The zero-order chi connectivity index (χ0) is 15.2. The van der Waals surface area contributed by atoms with Gasteiger partial charge >= 0.3 is 5.97 Å². The summed E-state index contributed by atoms with van der Waals surface area (Å²) in [6, 6.07) is 6.93. The van der Waals surface area contributed by atoms with Crippen LogP contribution in [0.2, 0.25) is 0 Å². The van der Waals surface area contributed by atoms with E-state index in [9.17, 15) is 9.59 Å². The van der Waals surface area contributed by atoms with Gasteiger partial charge in [0.15, 0.2) is 6.61 Å². The Hall–Kier alpha value is -2.24. The Morgan fingerprint density at radius 1 is 1.33 bits per heavy atom. The fourth-order valence-corrected chi connectivity index (χ4v) is 2.45. The normalized spacial score (nSPS) is 20.8. The van der Waals surface area contributed by atoms with Crippen LogP contribution in [-0.4, -0.2) is 36.7 Å². The van der Waals surface area contributed by atoms with Crippen molar-refractivity contribution in [2.75, 3.05) is 13.7 Å². The number of rotatable bonds is 6. The molecule has 2 N–H and O–H groups in total. The number of benzene rings is 1. The predicted molar refractivity (Wildman–Crippen MR) is 75.4 cm³/mol. The molecule has 1 saturated carbocycles. The third-order valence-electron chi connectivity index (χ3n) is 3.56. The number of amides is 1. The molecule has 0 aromatic heterocycles. The molecule has 0 radical (unpaired) electrons. The van der Waals surface area contributed by atoms with Gasteiger partial charge in [-0.2, -0.15) is 0 Å². The smallest absolute Gasteiger partial charge is 0.306 e. The highest BCUT2D eigenvalue weighted by Crippen LogP contribution is 2.25. The van der Waals surface area contributed by atoms with Crippen molar-refractivity contribution in [3.05, 3.63) is 24.3 Å². The number of nitrogens with one attached hydrogen (secondary N) is 1. The van der Waals surface area contributed by atoms with Crippen LogP contribution < -0.4 is 14.8 Å². The molecule has 1 amide bonds. The van der Waals surface area contributed by atoms with E-state index in [0.717, 1.165) is 0 Å². The summed E-state index contributed by atoms with van der Waals surface area (Å²) in [5.41, 5.74) is 0. The minimum Gasteiger partial charge on any atom is -0.497 e. The summed E-state index contributed by atoms with van der Waals surface area (Å²) in [7, 11) is 1.56. The van der Waals surface area contributed by atoms with Crippen LogP contribution in [0.5, 0.6) is 11.5 Å². The summed E-state index contributed by atoms with van der Waals surface area (Å²) < 4.78 is 10.5. The number of carbonyl (C=O) groups excluding carboxylic acids is 1. The molecule has 6 heteroatoms. The molecule has 0 aliphatic heterocycles.